The van der Waals surface area contributed by atoms with Gasteiger partial charge in [0, 0.05) is 24.0 Å². The lowest BCUT2D eigenvalue weighted by Crippen LogP contribution is -2.26. The van der Waals surface area contributed by atoms with Crippen LogP contribution in [0.3, 0.4) is 0 Å². The maximum atomic E-state index is 13.4. The molecule has 1 amide bonds. The zero-order chi connectivity index (χ0) is 24.5. The minimum atomic E-state index is -0.638. The van der Waals surface area contributed by atoms with Crippen molar-refractivity contribution in [2.45, 2.75) is 18.9 Å². The second kappa shape index (κ2) is 10.3. The van der Waals surface area contributed by atoms with Crippen LogP contribution in [0.5, 0.6) is 11.5 Å². The first-order valence-corrected chi connectivity index (χ1v) is 11.0. The summed E-state index contributed by atoms with van der Waals surface area (Å²) in [7, 11) is 0. The van der Waals surface area contributed by atoms with Gasteiger partial charge in [-0.1, -0.05) is 11.6 Å². The van der Waals surface area contributed by atoms with Gasteiger partial charge in [-0.15, -0.1) is 12.4 Å². The number of carbonyl (C=O) groups is 1. The molecule has 3 heterocycles. The van der Waals surface area contributed by atoms with Crippen molar-refractivity contribution in [1.29, 1.82) is 0 Å². The lowest BCUT2D eigenvalue weighted by Gasteiger charge is -2.11. The van der Waals surface area contributed by atoms with Gasteiger partial charge in [0.25, 0.3) is 5.91 Å². The molecule has 3 aromatic heterocycles. The number of benzene rings is 1. The fraction of sp³-hybridized carbons (Fsp3) is 0.125. The molecular weight excluding hydrogens is 510 g/mol. The molecule has 184 valence electrons. The maximum Gasteiger partial charge on any atom is 0.262 e. The molecule has 0 saturated heterocycles. The maximum absolute atomic E-state index is 13.4. The van der Waals surface area contributed by atoms with Crippen LogP contribution in [0.4, 0.5) is 16.0 Å². The highest BCUT2D eigenvalue weighted by atomic mass is 35.5. The molecular formula is C24H19Cl2FN6O3. The van der Waals surface area contributed by atoms with Gasteiger partial charge in [-0.3, -0.25) is 14.3 Å². The Labute approximate surface area is 215 Å². The second-order valence-electron chi connectivity index (χ2n) is 7.88. The summed E-state index contributed by atoms with van der Waals surface area (Å²) in [6, 6.07) is 10.2. The molecule has 1 aliphatic rings. The van der Waals surface area contributed by atoms with Crippen molar-refractivity contribution in [2.75, 3.05) is 11.1 Å². The molecule has 0 radical (unpaired) electrons. The lowest BCUT2D eigenvalue weighted by atomic mass is 10.1. The molecule has 3 N–H and O–H groups in total. The van der Waals surface area contributed by atoms with Gasteiger partial charge >= 0.3 is 0 Å². The van der Waals surface area contributed by atoms with Gasteiger partial charge < -0.3 is 15.8 Å². The largest absolute Gasteiger partial charge is 0.454 e. The van der Waals surface area contributed by atoms with Crippen LogP contribution in [-0.4, -0.2) is 25.7 Å². The Kier molecular flexibility index (Phi) is 7.18. The number of pyridine rings is 2. The van der Waals surface area contributed by atoms with Crippen LogP contribution in [-0.2, 0) is 0 Å². The molecule has 0 spiro atoms. The summed E-state index contributed by atoms with van der Waals surface area (Å²) in [6.45, 7) is 0. The Bertz CT molecular complexity index is 1480. The number of rotatable bonds is 6. The van der Waals surface area contributed by atoms with Gasteiger partial charge in [0.1, 0.15) is 39.5 Å². The number of amides is 1. The van der Waals surface area contributed by atoms with Crippen LogP contribution in [0.2, 0.25) is 5.02 Å². The Morgan fingerprint density at radius 2 is 1.89 bits per heavy atom. The SMILES string of the molecule is Cl.Nc1nccc(Oc2ccc(NC(=O)c3cn(C4CC4)nc(-c4ccc(F)cc4)c3=O)nc2)c1Cl. The highest BCUT2D eigenvalue weighted by Gasteiger charge is 2.27. The molecule has 9 nitrogen and oxygen atoms in total. The highest BCUT2D eigenvalue weighted by Crippen LogP contribution is 2.34. The molecule has 1 saturated carbocycles. The number of nitrogens with two attached hydrogens (primary N) is 1. The van der Waals surface area contributed by atoms with E-state index in [-0.39, 0.29) is 46.4 Å². The van der Waals surface area contributed by atoms with Crippen LogP contribution >= 0.6 is 24.0 Å². The topological polar surface area (TPSA) is 125 Å². The minimum absolute atomic E-state index is 0. The van der Waals surface area contributed by atoms with Crippen LogP contribution in [0, 0.1) is 5.82 Å². The van der Waals surface area contributed by atoms with Crippen molar-refractivity contribution >= 4 is 41.6 Å². The van der Waals surface area contributed by atoms with E-state index in [2.05, 4.69) is 20.4 Å². The summed E-state index contributed by atoms with van der Waals surface area (Å²) in [6.07, 6.45) is 6.09. The zero-order valence-corrected chi connectivity index (χ0v) is 20.1. The predicted octanol–water partition coefficient (Wildman–Crippen LogP) is 4.88. The number of hydrogen-bond acceptors (Lipinski definition) is 7. The molecule has 1 aromatic carbocycles. The van der Waals surface area contributed by atoms with Crippen molar-refractivity contribution < 1.29 is 13.9 Å². The molecule has 5 rings (SSSR count). The van der Waals surface area contributed by atoms with Crippen LogP contribution < -0.4 is 21.2 Å². The van der Waals surface area contributed by atoms with Gasteiger partial charge in [0.15, 0.2) is 5.75 Å². The average Bonchev–Trinajstić information content (AvgIpc) is 3.70. The Morgan fingerprint density at radius 1 is 1.14 bits per heavy atom. The fourth-order valence-corrected chi connectivity index (χ4v) is 3.49. The number of nitrogen functional groups attached to an aromatic ring is 1. The minimum Gasteiger partial charge on any atom is -0.454 e. The number of carbonyl (C=O) groups excluding carboxylic acids is 1. The first-order chi connectivity index (χ1) is 16.9. The zero-order valence-electron chi connectivity index (χ0n) is 18.5. The van der Waals surface area contributed by atoms with Gasteiger partial charge in [-0.2, -0.15) is 5.10 Å². The summed E-state index contributed by atoms with van der Waals surface area (Å²) >= 11 is 6.08. The van der Waals surface area contributed by atoms with Gasteiger partial charge in [0.2, 0.25) is 5.43 Å². The van der Waals surface area contributed by atoms with E-state index in [0.717, 1.165) is 12.8 Å². The van der Waals surface area contributed by atoms with Crippen molar-refractivity contribution in [1.82, 2.24) is 19.7 Å². The number of anilines is 2. The molecule has 0 bridgehead atoms. The van der Waals surface area contributed by atoms with Crippen molar-refractivity contribution in [3.8, 4) is 22.8 Å². The molecule has 0 aliphatic heterocycles. The van der Waals surface area contributed by atoms with Crippen LogP contribution in [0.1, 0.15) is 29.2 Å². The third-order valence-electron chi connectivity index (χ3n) is 5.31. The fourth-order valence-electron chi connectivity index (χ4n) is 3.34. The third kappa shape index (κ3) is 5.29. The summed E-state index contributed by atoms with van der Waals surface area (Å²) in [5, 5.41) is 7.19. The van der Waals surface area contributed by atoms with Crippen molar-refractivity contribution in [3.05, 3.63) is 87.7 Å². The highest BCUT2D eigenvalue weighted by molar-refractivity contribution is 6.34. The Hall–Kier alpha value is -4.02. The monoisotopic (exact) mass is 528 g/mol. The predicted molar refractivity (Wildman–Crippen MR) is 135 cm³/mol. The number of nitrogens with one attached hydrogen (secondary N) is 1. The van der Waals surface area contributed by atoms with Gasteiger partial charge in [0.05, 0.1) is 12.2 Å². The molecule has 12 heteroatoms. The normalized spacial score (nSPS) is 12.5. The number of ether oxygens (including phenoxy) is 1. The first kappa shape index (κ1) is 25.1. The number of hydrogen-bond donors (Lipinski definition) is 2. The number of nitrogens with zero attached hydrogens (tertiary/aromatic N) is 4. The van der Waals surface area contributed by atoms with Crippen LogP contribution in [0.25, 0.3) is 11.3 Å². The standard InChI is InChI=1S/C24H18ClFN6O3.ClH/c25-20-18(9-10-28-23(20)27)35-16-7-8-19(29-11-16)30-24(34)17-12-32(15-5-6-15)31-21(22(17)33)13-1-3-14(26)4-2-13;/h1-4,7-12,15H,5-6H2,(H2,27,28)(H,29,30,34);1H. The van der Waals surface area contributed by atoms with E-state index in [0.29, 0.717) is 17.1 Å². The van der Waals surface area contributed by atoms with Crippen molar-refractivity contribution in [3.63, 3.8) is 0 Å². The number of aromatic nitrogens is 4. The van der Waals surface area contributed by atoms with Crippen molar-refractivity contribution in [2.24, 2.45) is 0 Å². The molecule has 0 atom stereocenters. The summed E-state index contributed by atoms with van der Waals surface area (Å²) < 4.78 is 20.6. The third-order valence-corrected chi connectivity index (χ3v) is 5.69. The van der Waals surface area contributed by atoms with E-state index in [4.69, 9.17) is 22.1 Å². The van der Waals surface area contributed by atoms with E-state index in [1.54, 1.807) is 16.8 Å². The molecule has 1 fully saturated rings. The Morgan fingerprint density at radius 3 is 2.56 bits per heavy atom. The van der Waals surface area contributed by atoms with Crippen LogP contribution in [0.15, 0.2) is 65.8 Å². The molecule has 1 aliphatic carbocycles. The number of halogens is 3. The van der Waals surface area contributed by atoms with E-state index < -0.39 is 17.2 Å². The molecule has 4 aromatic rings. The summed E-state index contributed by atoms with van der Waals surface area (Å²) in [5.74, 6) is -0.0624. The quantitative estimate of drug-likeness (QED) is 0.365. The smallest absolute Gasteiger partial charge is 0.262 e. The molecule has 36 heavy (non-hydrogen) atoms. The van der Waals surface area contributed by atoms with E-state index >= 15 is 0 Å². The summed E-state index contributed by atoms with van der Waals surface area (Å²) in [4.78, 5) is 34.1. The second-order valence-corrected chi connectivity index (χ2v) is 8.26. The summed E-state index contributed by atoms with van der Waals surface area (Å²) in [5.41, 5.74) is 5.53. The average molecular weight is 529 g/mol. The Balaban J connectivity index is 0.00000304. The van der Waals surface area contributed by atoms with E-state index in [9.17, 15) is 14.0 Å². The van der Waals surface area contributed by atoms with E-state index in [1.165, 1.54) is 48.9 Å². The molecule has 0 unspecified atom stereocenters. The van der Waals surface area contributed by atoms with Gasteiger partial charge in [-0.25, -0.2) is 14.4 Å². The first-order valence-electron chi connectivity index (χ1n) is 10.6. The lowest BCUT2D eigenvalue weighted by molar-refractivity contribution is 0.102. The van der Waals surface area contributed by atoms with Gasteiger partial charge in [-0.05, 0) is 49.2 Å². The van der Waals surface area contributed by atoms with E-state index in [1.807, 2.05) is 0 Å².